The molecule has 136 valence electrons. The molecular weight excluding hydrogens is 376 g/mol. The molecule has 0 radical (unpaired) electrons. The first-order valence-electron chi connectivity index (χ1n) is 7.45. The normalized spacial score (nSPS) is 10.3. The molecule has 10 heteroatoms. The highest BCUT2D eigenvalue weighted by molar-refractivity contribution is 6.32. The van der Waals surface area contributed by atoms with E-state index >= 15 is 0 Å². The Bertz CT molecular complexity index is 996. The smallest absolute Gasteiger partial charge is 0.411 e. The van der Waals surface area contributed by atoms with E-state index in [0.29, 0.717) is 5.75 Å². The van der Waals surface area contributed by atoms with Gasteiger partial charge in [0.1, 0.15) is 16.7 Å². The van der Waals surface area contributed by atoms with E-state index in [4.69, 9.17) is 21.4 Å². The SMILES string of the molecule is O=C(O)NC(=O)c1nc(Cl)c(-c2ccc(Oc3ccccc3)nn2)cc1O. The summed E-state index contributed by atoms with van der Waals surface area (Å²) < 4.78 is 5.53. The Morgan fingerprint density at radius 3 is 2.44 bits per heavy atom. The highest BCUT2D eigenvalue weighted by Gasteiger charge is 2.20. The van der Waals surface area contributed by atoms with Crippen LogP contribution < -0.4 is 10.1 Å². The Morgan fingerprint density at radius 2 is 1.81 bits per heavy atom. The maximum atomic E-state index is 11.7. The van der Waals surface area contributed by atoms with Crippen LogP contribution in [0.3, 0.4) is 0 Å². The first kappa shape index (κ1) is 18.1. The van der Waals surface area contributed by atoms with Crippen LogP contribution in [0.5, 0.6) is 17.4 Å². The molecule has 27 heavy (non-hydrogen) atoms. The largest absolute Gasteiger partial charge is 0.505 e. The molecule has 3 N–H and O–H groups in total. The van der Waals surface area contributed by atoms with Gasteiger partial charge in [-0.3, -0.25) is 10.1 Å². The number of hydrogen-bond donors (Lipinski definition) is 3. The zero-order chi connectivity index (χ0) is 19.4. The lowest BCUT2D eigenvalue weighted by Gasteiger charge is -2.08. The van der Waals surface area contributed by atoms with E-state index < -0.39 is 23.4 Å². The van der Waals surface area contributed by atoms with Crippen molar-refractivity contribution in [3.63, 3.8) is 0 Å². The molecule has 2 amide bonds. The summed E-state index contributed by atoms with van der Waals surface area (Å²) in [5.41, 5.74) is -0.0450. The predicted octanol–water partition coefficient (Wildman–Crippen LogP) is 3.10. The first-order chi connectivity index (χ1) is 12.9. The van der Waals surface area contributed by atoms with Gasteiger partial charge in [-0.2, -0.15) is 0 Å². The highest BCUT2D eigenvalue weighted by atomic mass is 35.5. The van der Waals surface area contributed by atoms with Gasteiger partial charge >= 0.3 is 6.09 Å². The van der Waals surface area contributed by atoms with Gasteiger partial charge in [0.15, 0.2) is 5.69 Å². The number of rotatable bonds is 4. The fourth-order valence-corrected chi connectivity index (χ4v) is 2.35. The van der Waals surface area contributed by atoms with Crippen molar-refractivity contribution in [2.24, 2.45) is 0 Å². The standard InChI is InChI=1S/C17H11ClN4O5/c18-15-10(8-12(23)14(19-15)16(24)20-17(25)26)11-6-7-13(22-21-11)27-9-4-2-1-3-5-9/h1-8,23H,(H,20,24)(H,25,26). The number of halogens is 1. The quantitative estimate of drug-likeness (QED) is 0.582. The Hall–Kier alpha value is -3.72. The number of nitrogens with one attached hydrogen (secondary N) is 1. The third-order valence-corrected chi connectivity index (χ3v) is 3.56. The van der Waals surface area contributed by atoms with E-state index in [9.17, 15) is 14.7 Å². The number of amides is 2. The van der Waals surface area contributed by atoms with Crippen LogP contribution in [0.4, 0.5) is 4.79 Å². The number of pyridine rings is 1. The monoisotopic (exact) mass is 386 g/mol. The second-order valence-corrected chi connectivity index (χ2v) is 5.48. The molecule has 0 aliphatic rings. The Labute approximate surface area is 157 Å². The molecule has 0 spiro atoms. The molecule has 0 aliphatic heterocycles. The molecule has 0 saturated heterocycles. The zero-order valence-corrected chi connectivity index (χ0v) is 14.2. The summed E-state index contributed by atoms with van der Waals surface area (Å²) in [5.74, 6) is -0.827. The number of aromatic hydroxyl groups is 1. The third-order valence-electron chi connectivity index (χ3n) is 3.27. The Morgan fingerprint density at radius 1 is 1.07 bits per heavy atom. The van der Waals surface area contributed by atoms with Crippen LogP contribution in [0.15, 0.2) is 48.5 Å². The molecular formula is C17H11ClN4O5. The number of carbonyl (C=O) groups excluding carboxylic acids is 1. The summed E-state index contributed by atoms with van der Waals surface area (Å²) in [6, 6.07) is 13.2. The maximum absolute atomic E-state index is 11.7. The number of nitrogens with zero attached hydrogens (tertiary/aromatic N) is 3. The first-order valence-corrected chi connectivity index (χ1v) is 7.82. The average Bonchev–Trinajstić information content (AvgIpc) is 2.64. The van der Waals surface area contributed by atoms with Crippen LogP contribution in [0.2, 0.25) is 5.15 Å². The van der Waals surface area contributed by atoms with Crippen molar-refractivity contribution >= 4 is 23.6 Å². The van der Waals surface area contributed by atoms with Crippen LogP contribution in [0.1, 0.15) is 10.5 Å². The van der Waals surface area contributed by atoms with Crippen molar-refractivity contribution in [1.82, 2.24) is 20.5 Å². The Balaban J connectivity index is 1.85. The minimum Gasteiger partial charge on any atom is -0.505 e. The molecule has 2 aromatic heterocycles. The summed E-state index contributed by atoms with van der Waals surface area (Å²) >= 11 is 6.04. The second-order valence-electron chi connectivity index (χ2n) is 5.13. The van der Waals surface area contributed by atoms with Crippen LogP contribution in [0, 0.1) is 0 Å². The van der Waals surface area contributed by atoms with E-state index in [1.54, 1.807) is 29.6 Å². The maximum Gasteiger partial charge on any atom is 0.411 e. The topological polar surface area (TPSA) is 135 Å². The molecule has 9 nitrogen and oxygen atoms in total. The predicted molar refractivity (Wildman–Crippen MR) is 93.9 cm³/mol. The molecule has 0 unspecified atom stereocenters. The van der Waals surface area contributed by atoms with Gasteiger partial charge in [-0.05, 0) is 24.3 Å². The minimum atomic E-state index is -1.58. The fraction of sp³-hybridized carbons (Fsp3) is 0. The van der Waals surface area contributed by atoms with E-state index in [1.807, 2.05) is 18.2 Å². The lowest BCUT2D eigenvalue weighted by molar-refractivity contribution is 0.0940. The number of imide groups is 1. The number of hydrogen-bond acceptors (Lipinski definition) is 7. The Kier molecular flexibility index (Phi) is 5.13. The zero-order valence-electron chi connectivity index (χ0n) is 13.5. The number of carbonyl (C=O) groups is 2. The molecule has 3 rings (SSSR count). The van der Waals surface area contributed by atoms with Gasteiger partial charge in [0.2, 0.25) is 5.88 Å². The van der Waals surface area contributed by atoms with Crippen LogP contribution in [0.25, 0.3) is 11.3 Å². The van der Waals surface area contributed by atoms with Gasteiger partial charge in [-0.25, -0.2) is 9.78 Å². The van der Waals surface area contributed by atoms with E-state index in [2.05, 4.69) is 15.2 Å². The molecule has 0 fully saturated rings. The van der Waals surface area contributed by atoms with Gasteiger partial charge in [0.25, 0.3) is 5.91 Å². The number of ether oxygens (including phenoxy) is 1. The molecule has 0 atom stereocenters. The summed E-state index contributed by atoms with van der Waals surface area (Å²) in [6.45, 7) is 0. The van der Waals surface area contributed by atoms with Gasteiger partial charge in [-0.1, -0.05) is 29.8 Å². The highest BCUT2D eigenvalue weighted by Crippen LogP contribution is 2.31. The van der Waals surface area contributed by atoms with Gasteiger partial charge in [0, 0.05) is 11.6 Å². The van der Waals surface area contributed by atoms with Crippen molar-refractivity contribution in [1.29, 1.82) is 0 Å². The molecule has 3 aromatic rings. The van der Waals surface area contributed by atoms with E-state index in [0.717, 1.165) is 6.07 Å². The summed E-state index contributed by atoms with van der Waals surface area (Å²) in [4.78, 5) is 25.9. The number of para-hydroxylation sites is 1. The summed E-state index contributed by atoms with van der Waals surface area (Å²) in [6.07, 6.45) is -1.58. The van der Waals surface area contributed by atoms with Crippen LogP contribution >= 0.6 is 11.6 Å². The molecule has 0 aliphatic carbocycles. The number of benzene rings is 1. The van der Waals surface area contributed by atoms with Crippen molar-refractivity contribution < 1.29 is 24.5 Å². The van der Waals surface area contributed by atoms with Crippen LogP contribution in [-0.4, -0.2) is 37.4 Å². The van der Waals surface area contributed by atoms with Gasteiger partial charge < -0.3 is 14.9 Å². The van der Waals surface area contributed by atoms with Gasteiger partial charge in [0.05, 0.1) is 5.69 Å². The average molecular weight is 387 g/mol. The van der Waals surface area contributed by atoms with Gasteiger partial charge in [-0.15, -0.1) is 10.2 Å². The van der Waals surface area contributed by atoms with Crippen LogP contribution in [-0.2, 0) is 0 Å². The molecule has 0 bridgehead atoms. The lowest BCUT2D eigenvalue weighted by Crippen LogP contribution is -2.29. The van der Waals surface area contributed by atoms with Crippen molar-refractivity contribution in [3.8, 4) is 28.6 Å². The summed E-state index contributed by atoms with van der Waals surface area (Å²) in [7, 11) is 0. The van der Waals surface area contributed by atoms with Crippen molar-refractivity contribution in [3.05, 3.63) is 59.4 Å². The number of carboxylic acid groups (broad SMARTS) is 1. The second kappa shape index (κ2) is 7.67. The minimum absolute atomic E-state index is 0.158. The summed E-state index contributed by atoms with van der Waals surface area (Å²) in [5, 5.41) is 27.8. The van der Waals surface area contributed by atoms with E-state index in [1.165, 1.54) is 0 Å². The molecule has 1 aromatic carbocycles. The van der Waals surface area contributed by atoms with Crippen molar-refractivity contribution in [2.45, 2.75) is 0 Å². The molecule has 2 heterocycles. The third kappa shape index (κ3) is 4.28. The number of aromatic nitrogens is 3. The molecule has 0 saturated carbocycles. The van der Waals surface area contributed by atoms with E-state index in [-0.39, 0.29) is 22.3 Å². The lowest BCUT2D eigenvalue weighted by atomic mass is 10.1. The van der Waals surface area contributed by atoms with Crippen molar-refractivity contribution in [2.75, 3.05) is 0 Å². The fourth-order valence-electron chi connectivity index (χ4n) is 2.11.